The highest BCUT2D eigenvalue weighted by molar-refractivity contribution is 9.10. The average molecular weight is 452 g/mol. The van der Waals surface area contributed by atoms with Crippen LogP contribution in [0.5, 0.6) is 0 Å². The quantitative estimate of drug-likeness (QED) is 0.617. The molecule has 7 nitrogen and oxygen atoms in total. The standard InChI is InChI=1S/C16H19BrFNO6S/c1-4-24-14(20)16(2,26(3,22)23)8-11-9-19(15(21)25-11)13-6-5-10(17)7-12(13)18/h5-7,11H,4,8-9H2,1-3H3/t11-,16+/m0/s1. The van der Waals surface area contributed by atoms with Crippen molar-refractivity contribution >= 4 is 43.5 Å². The lowest BCUT2D eigenvalue weighted by atomic mass is 10.0. The van der Waals surface area contributed by atoms with Crippen LogP contribution in [0.3, 0.4) is 0 Å². The lowest BCUT2D eigenvalue weighted by Gasteiger charge is -2.27. The van der Waals surface area contributed by atoms with Gasteiger partial charge in [-0.25, -0.2) is 17.6 Å². The van der Waals surface area contributed by atoms with Gasteiger partial charge in [0.15, 0.2) is 14.6 Å². The van der Waals surface area contributed by atoms with E-state index in [2.05, 4.69) is 15.9 Å². The number of benzene rings is 1. The Morgan fingerprint density at radius 3 is 2.69 bits per heavy atom. The van der Waals surface area contributed by atoms with Gasteiger partial charge in [-0.2, -0.15) is 0 Å². The first-order chi connectivity index (χ1) is 12.0. The highest BCUT2D eigenvalue weighted by Crippen LogP contribution is 2.32. The Morgan fingerprint density at radius 2 is 2.15 bits per heavy atom. The molecule has 1 saturated heterocycles. The molecule has 0 aromatic heterocycles. The lowest BCUT2D eigenvalue weighted by Crippen LogP contribution is -2.47. The minimum atomic E-state index is -3.85. The van der Waals surface area contributed by atoms with Gasteiger partial charge in [-0.1, -0.05) is 15.9 Å². The number of hydrogen-bond acceptors (Lipinski definition) is 6. The van der Waals surface area contributed by atoms with Gasteiger partial charge in [0, 0.05) is 17.1 Å². The van der Waals surface area contributed by atoms with Crippen molar-refractivity contribution in [2.45, 2.75) is 31.1 Å². The fourth-order valence-corrected chi connectivity index (χ4v) is 3.81. The maximum Gasteiger partial charge on any atom is 0.414 e. The summed E-state index contributed by atoms with van der Waals surface area (Å²) in [6.07, 6.45) is -1.08. The van der Waals surface area contributed by atoms with Gasteiger partial charge in [-0.05, 0) is 32.0 Å². The number of carbonyl (C=O) groups excluding carboxylic acids is 2. The van der Waals surface area contributed by atoms with Crippen LogP contribution in [0.25, 0.3) is 0 Å². The number of sulfone groups is 1. The van der Waals surface area contributed by atoms with Crippen LogP contribution in [0.15, 0.2) is 22.7 Å². The first-order valence-corrected chi connectivity index (χ1v) is 10.5. The van der Waals surface area contributed by atoms with Crippen LogP contribution >= 0.6 is 15.9 Å². The second kappa shape index (κ2) is 7.51. The number of nitrogens with zero attached hydrogens (tertiary/aromatic N) is 1. The molecular weight excluding hydrogens is 433 g/mol. The van der Waals surface area contributed by atoms with E-state index >= 15 is 0 Å². The molecule has 0 radical (unpaired) electrons. The summed E-state index contributed by atoms with van der Waals surface area (Å²) in [6, 6.07) is 4.18. The number of esters is 1. The molecule has 1 aromatic carbocycles. The predicted molar refractivity (Wildman–Crippen MR) is 96.2 cm³/mol. The maximum absolute atomic E-state index is 14.1. The van der Waals surface area contributed by atoms with Gasteiger partial charge in [0.25, 0.3) is 0 Å². The molecule has 1 aromatic rings. The van der Waals surface area contributed by atoms with E-state index in [1.165, 1.54) is 19.1 Å². The molecule has 26 heavy (non-hydrogen) atoms. The van der Waals surface area contributed by atoms with E-state index in [4.69, 9.17) is 9.47 Å². The second-order valence-electron chi connectivity index (χ2n) is 6.14. The van der Waals surface area contributed by atoms with E-state index in [0.717, 1.165) is 11.2 Å². The van der Waals surface area contributed by atoms with Crippen LogP contribution in [-0.4, -0.2) is 50.7 Å². The van der Waals surface area contributed by atoms with Crippen molar-refractivity contribution in [2.24, 2.45) is 0 Å². The summed E-state index contributed by atoms with van der Waals surface area (Å²) in [7, 11) is -3.85. The molecule has 1 fully saturated rings. The van der Waals surface area contributed by atoms with E-state index in [0.29, 0.717) is 4.47 Å². The van der Waals surface area contributed by atoms with Crippen LogP contribution in [0.4, 0.5) is 14.9 Å². The fourth-order valence-electron chi connectivity index (χ4n) is 2.63. The van der Waals surface area contributed by atoms with Gasteiger partial charge < -0.3 is 9.47 Å². The van der Waals surface area contributed by atoms with Crippen molar-refractivity contribution in [1.82, 2.24) is 0 Å². The maximum atomic E-state index is 14.1. The van der Waals surface area contributed by atoms with Gasteiger partial charge >= 0.3 is 12.1 Å². The molecule has 144 valence electrons. The highest BCUT2D eigenvalue weighted by Gasteiger charge is 2.49. The summed E-state index contributed by atoms with van der Waals surface area (Å²) in [5.41, 5.74) is 0.0119. The smallest absolute Gasteiger partial charge is 0.414 e. The van der Waals surface area contributed by atoms with Gasteiger partial charge in [-0.15, -0.1) is 0 Å². The van der Waals surface area contributed by atoms with Crippen molar-refractivity contribution < 1.29 is 31.9 Å². The van der Waals surface area contributed by atoms with E-state index < -0.39 is 38.6 Å². The fraction of sp³-hybridized carbons (Fsp3) is 0.500. The monoisotopic (exact) mass is 451 g/mol. The van der Waals surface area contributed by atoms with Crippen molar-refractivity contribution in [1.29, 1.82) is 0 Å². The van der Waals surface area contributed by atoms with Crippen LogP contribution in [0, 0.1) is 5.82 Å². The average Bonchev–Trinajstić information content (AvgIpc) is 2.86. The number of halogens is 2. The van der Waals surface area contributed by atoms with Gasteiger partial charge in [0.05, 0.1) is 18.8 Å². The van der Waals surface area contributed by atoms with Crippen molar-refractivity contribution in [2.75, 3.05) is 24.3 Å². The number of rotatable bonds is 6. The van der Waals surface area contributed by atoms with E-state index in [9.17, 15) is 22.4 Å². The van der Waals surface area contributed by atoms with Crippen LogP contribution in [-0.2, 0) is 24.1 Å². The normalized spacial score (nSPS) is 19.8. The third kappa shape index (κ3) is 4.01. The molecule has 0 spiro atoms. The summed E-state index contributed by atoms with van der Waals surface area (Å²) in [4.78, 5) is 25.4. The number of amides is 1. The second-order valence-corrected chi connectivity index (χ2v) is 9.50. The molecule has 0 bridgehead atoms. The van der Waals surface area contributed by atoms with E-state index in [1.54, 1.807) is 13.0 Å². The number of anilines is 1. The minimum absolute atomic E-state index is 0.0119. The van der Waals surface area contributed by atoms with Crippen molar-refractivity contribution in [3.05, 3.63) is 28.5 Å². The zero-order valence-corrected chi connectivity index (χ0v) is 16.9. The predicted octanol–water partition coefficient (Wildman–Crippen LogP) is 2.67. The Balaban J connectivity index is 2.25. The van der Waals surface area contributed by atoms with E-state index in [1.807, 2.05) is 0 Å². The van der Waals surface area contributed by atoms with Crippen LogP contribution in [0.1, 0.15) is 20.3 Å². The first kappa shape index (κ1) is 20.6. The summed E-state index contributed by atoms with van der Waals surface area (Å²) >= 11 is 3.13. The molecule has 0 N–H and O–H groups in total. The topological polar surface area (TPSA) is 90.0 Å². The molecule has 0 unspecified atom stereocenters. The summed E-state index contributed by atoms with van der Waals surface area (Å²) in [5.74, 6) is -1.54. The highest BCUT2D eigenvalue weighted by atomic mass is 79.9. The molecule has 0 saturated carbocycles. The molecule has 2 rings (SSSR count). The molecule has 1 aliphatic heterocycles. The molecule has 1 heterocycles. The number of hydrogen-bond donors (Lipinski definition) is 0. The lowest BCUT2D eigenvalue weighted by molar-refractivity contribution is -0.146. The Kier molecular flexibility index (Phi) is 5.96. The molecule has 2 atom stereocenters. The third-order valence-corrected chi connectivity index (χ3v) is 6.68. The Labute approximate surface area is 159 Å². The largest absolute Gasteiger partial charge is 0.465 e. The van der Waals surface area contributed by atoms with Gasteiger partial charge in [0.1, 0.15) is 11.9 Å². The summed E-state index contributed by atoms with van der Waals surface area (Å²) in [6.45, 7) is 2.73. The van der Waals surface area contributed by atoms with Crippen molar-refractivity contribution in [3.63, 3.8) is 0 Å². The number of cyclic esters (lactones) is 1. The van der Waals surface area contributed by atoms with Gasteiger partial charge in [-0.3, -0.25) is 9.69 Å². The number of ether oxygens (including phenoxy) is 2. The summed E-state index contributed by atoms with van der Waals surface area (Å²) in [5, 5.41) is 0. The Morgan fingerprint density at radius 1 is 1.50 bits per heavy atom. The minimum Gasteiger partial charge on any atom is -0.465 e. The Bertz CT molecular complexity index is 830. The molecule has 1 aliphatic rings. The van der Waals surface area contributed by atoms with Gasteiger partial charge in [0.2, 0.25) is 0 Å². The summed E-state index contributed by atoms with van der Waals surface area (Å²) < 4.78 is 47.1. The van der Waals surface area contributed by atoms with Crippen LogP contribution in [0.2, 0.25) is 0 Å². The Hall–Kier alpha value is -1.68. The first-order valence-electron chi connectivity index (χ1n) is 7.79. The van der Waals surface area contributed by atoms with E-state index in [-0.39, 0.29) is 25.3 Å². The molecule has 1 amide bonds. The zero-order valence-electron chi connectivity index (χ0n) is 14.5. The molecular formula is C16H19BrFNO6S. The number of carbonyl (C=O) groups is 2. The molecule has 10 heteroatoms. The van der Waals surface area contributed by atoms with Crippen LogP contribution < -0.4 is 4.90 Å². The zero-order chi connectivity index (χ0) is 19.7. The molecule has 0 aliphatic carbocycles. The third-order valence-electron chi connectivity index (χ3n) is 4.22. The SMILES string of the molecule is CCOC(=O)[C@@](C)(C[C@H]1CN(c2ccc(Br)cc2F)C(=O)O1)S(C)(=O)=O. The van der Waals surface area contributed by atoms with Crippen molar-refractivity contribution in [3.8, 4) is 0 Å².